The molecule has 31 heavy (non-hydrogen) atoms. The van der Waals surface area contributed by atoms with E-state index in [0.717, 1.165) is 16.8 Å². The quantitative estimate of drug-likeness (QED) is 0.598. The molecule has 4 rings (SSSR count). The summed E-state index contributed by atoms with van der Waals surface area (Å²) >= 11 is 0. The van der Waals surface area contributed by atoms with Crippen molar-refractivity contribution in [3.8, 4) is 0 Å². The number of hydrogen-bond donors (Lipinski definition) is 0. The molecule has 1 aliphatic rings. The summed E-state index contributed by atoms with van der Waals surface area (Å²) in [6.07, 6.45) is 0. The van der Waals surface area contributed by atoms with Gasteiger partial charge in [0.15, 0.2) is 0 Å². The molecule has 0 aliphatic carbocycles. The van der Waals surface area contributed by atoms with Gasteiger partial charge in [-0.15, -0.1) is 0 Å². The number of benzene rings is 3. The number of hydrogen-bond acceptors (Lipinski definition) is 4. The highest BCUT2D eigenvalue weighted by Gasteiger charge is 2.39. The van der Waals surface area contributed by atoms with E-state index >= 15 is 0 Å². The fourth-order valence-corrected chi connectivity index (χ4v) is 4.19. The number of para-hydroxylation sites is 1. The molecule has 0 radical (unpaired) electrons. The number of piperazine rings is 1. The molecule has 1 saturated heterocycles. The van der Waals surface area contributed by atoms with Crippen LogP contribution in [0.5, 0.6) is 0 Å². The summed E-state index contributed by atoms with van der Waals surface area (Å²) in [6, 6.07) is 28.7. The summed E-state index contributed by atoms with van der Waals surface area (Å²) in [7, 11) is 1.37. The normalized spacial score (nSPS) is 16.3. The molecule has 1 unspecified atom stereocenters. The second-order valence-electron chi connectivity index (χ2n) is 7.61. The summed E-state index contributed by atoms with van der Waals surface area (Å²) in [5, 5.41) is 0. The van der Waals surface area contributed by atoms with Crippen LogP contribution >= 0.6 is 0 Å². The number of nitrogens with zero attached hydrogens (tertiary/aromatic N) is 2. The Hall–Kier alpha value is -3.60. The number of amides is 1. The van der Waals surface area contributed by atoms with E-state index < -0.39 is 17.9 Å². The van der Waals surface area contributed by atoms with E-state index in [1.807, 2.05) is 91.0 Å². The second-order valence-corrected chi connectivity index (χ2v) is 7.61. The van der Waals surface area contributed by atoms with Crippen molar-refractivity contribution in [3.63, 3.8) is 0 Å². The number of carbonyl (C=O) groups excluding carboxylic acids is 2. The number of methoxy groups -OCH3 is 1. The van der Waals surface area contributed by atoms with Crippen LogP contribution < -0.4 is 4.90 Å². The molecule has 1 fully saturated rings. The zero-order chi connectivity index (χ0) is 21.6. The fraction of sp³-hybridized carbons (Fsp3) is 0.231. The molecule has 0 aromatic heterocycles. The van der Waals surface area contributed by atoms with Crippen molar-refractivity contribution < 1.29 is 14.3 Å². The van der Waals surface area contributed by atoms with E-state index in [1.54, 1.807) is 4.90 Å². The van der Waals surface area contributed by atoms with Gasteiger partial charge in [-0.05, 0) is 23.3 Å². The van der Waals surface area contributed by atoms with Gasteiger partial charge in [-0.25, -0.2) is 4.79 Å². The number of esters is 1. The number of rotatable bonds is 5. The molecule has 5 nitrogen and oxygen atoms in total. The summed E-state index contributed by atoms with van der Waals surface area (Å²) in [5.74, 6) is -0.952. The molecule has 158 valence electrons. The van der Waals surface area contributed by atoms with Gasteiger partial charge in [-0.2, -0.15) is 0 Å². The molecule has 0 bridgehead atoms. The third kappa shape index (κ3) is 4.45. The topological polar surface area (TPSA) is 49.9 Å². The first-order valence-electron chi connectivity index (χ1n) is 10.5. The summed E-state index contributed by atoms with van der Waals surface area (Å²) in [4.78, 5) is 30.4. The first kappa shape index (κ1) is 20.7. The van der Waals surface area contributed by atoms with E-state index in [-0.39, 0.29) is 5.91 Å². The summed E-state index contributed by atoms with van der Waals surface area (Å²) < 4.78 is 5.09. The van der Waals surface area contributed by atoms with Crippen molar-refractivity contribution in [2.75, 3.05) is 31.6 Å². The third-order valence-electron chi connectivity index (χ3n) is 5.77. The van der Waals surface area contributed by atoms with Gasteiger partial charge in [0.1, 0.15) is 6.04 Å². The maximum atomic E-state index is 13.9. The van der Waals surface area contributed by atoms with E-state index in [4.69, 9.17) is 4.74 Å². The molecular weight excluding hydrogens is 388 g/mol. The van der Waals surface area contributed by atoms with E-state index in [1.165, 1.54) is 7.11 Å². The van der Waals surface area contributed by atoms with Crippen LogP contribution in [0.15, 0.2) is 91.0 Å². The Labute approximate surface area is 182 Å². The standard InChI is InChI=1S/C26H26N2O3/c1-31-26(30)23-19-27(22-15-9-4-10-16-22)17-18-28(23)25(29)24(20-11-5-2-6-12-20)21-13-7-3-8-14-21/h2-16,23-24H,17-19H2,1H3. The average Bonchev–Trinajstić information content (AvgIpc) is 2.85. The van der Waals surface area contributed by atoms with Gasteiger partial charge < -0.3 is 14.5 Å². The zero-order valence-corrected chi connectivity index (χ0v) is 17.6. The van der Waals surface area contributed by atoms with Crippen LogP contribution in [-0.4, -0.2) is 49.6 Å². The Morgan fingerprint density at radius 2 is 1.32 bits per heavy atom. The largest absolute Gasteiger partial charge is 0.467 e. The van der Waals surface area contributed by atoms with E-state index in [9.17, 15) is 9.59 Å². The van der Waals surface area contributed by atoms with Gasteiger partial charge in [-0.3, -0.25) is 4.79 Å². The summed E-state index contributed by atoms with van der Waals surface area (Å²) in [6.45, 7) is 1.50. The maximum absolute atomic E-state index is 13.9. The molecule has 3 aromatic rings. The van der Waals surface area contributed by atoms with Gasteiger partial charge in [0.2, 0.25) is 5.91 Å². The number of anilines is 1. The lowest BCUT2D eigenvalue weighted by Crippen LogP contribution is -2.59. The Morgan fingerprint density at radius 3 is 1.84 bits per heavy atom. The molecule has 1 aliphatic heterocycles. The molecule has 0 N–H and O–H groups in total. The fourth-order valence-electron chi connectivity index (χ4n) is 4.19. The Morgan fingerprint density at radius 1 is 0.806 bits per heavy atom. The maximum Gasteiger partial charge on any atom is 0.330 e. The van der Waals surface area contributed by atoms with Crippen molar-refractivity contribution in [1.29, 1.82) is 0 Å². The van der Waals surface area contributed by atoms with Crippen LogP contribution in [0, 0.1) is 0 Å². The molecule has 1 atom stereocenters. The minimum absolute atomic E-state index is 0.0829. The first-order chi connectivity index (χ1) is 15.2. The van der Waals surface area contributed by atoms with Gasteiger partial charge in [-0.1, -0.05) is 78.9 Å². The molecule has 0 spiro atoms. The molecule has 1 amide bonds. The van der Waals surface area contributed by atoms with E-state index in [2.05, 4.69) is 4.90 Å². The van der Waals surface area contributed by atoms with Crippen molar-refractivity contribution in [2.24, 2.45) is 0 Å². The second kappa shape index (κ2) is 9.47. The molecule has 3 aromatic carbocycles. The summed E-state index contributed by atoms with van der Waals surface area (Å²) in [5.41, 5.74) is 2.85. The highest BCUT2D eigenvalue weighted by molar-refractivity contribution is 5.91. The van der Waals surface area contributed by atoms with Crippen molar-refractivity contribution >= 4 is 17.6 Å². The van der Waals surface area contributed by atoms with Crippen LogP contribution in [0.2, 0.25) is 0 Å². The van der Waals surface area contributed by atoms with Gasteiger partial charge in [0, 0.05) is 25.3 Å². The van der Waals surface area contributed by atoms with Crippen molar-refractivity contribution in [3.05, 3.63) is 102 Å². The highest BCUT2D eigenvalue weighted by Crippen LogP contribution is 2.29. The third-order valence-corrected chi connectivity index (χ3v) is 5.77. The minimum atomic E-state index is -0.665. The van der Waals surface area contributed by atoms with Gasteiger partial charge >= 0.3 is 5.97 Å². The first-order valence-corrected chi connectivity index (χ1v) is 10.5. The van der Waals surface area contributed by atoms with Crippen LogP contribution in [0.25, 0.3) is 0 Å². The van der Waals surface area contributed by atoms with Crippen LogP contribution in [-0.2, 0) is 14.3 Å². The lowest BCUT2D eigenvalue weighted by Gasteiger charge is -2.42. The minimum Gasteiger partial charge on any atom is -0.467 e. The number of ether oxygens (including phenoxy) is 1. The Bertz CT molecular complexity index is 969. The monoisotopic (exact) mass is 414 g/mol. The van der Waals surface area contributed by atoms with Crippen LogP contribution in [0.1, 0.15) is 17.0 Å². The predicted octanol–water partition coefficient (Wildman–Crippen LogP) is 3.71. The molecule has 5 heteroatoms. The number of carbonyl (C=O) groups is 2. The van der Waals surface area contributed by atoms with Crippen LogP contribution in [0.3, 0.4) is 0 Å². The molecule has 1 heterocycles. The smallest absolute Gasteiger partial charge is 0.330 e. The Balaban J connectivity index is 1.66. The van der Waals surface area contributed by atoms with Gasteiger partial charge in [0.25, 0.3) is 0 Å². The zero-order valence-electron chi connectivity index (χ0n) is 17.6. The molecule has 0 saturated carbocycles. The van der Waals surface area contributed by atoms with Gasteiger partial charge in [0.05, 0.1) is 13.0 Å². The average molecular weight is 415 g/mol. The molecular formula is C26H26N2O3. The van der Waals surface area contributed by atoms with Crippen molar-refractivity contribution in [1.82, 2.24) is 4.90 Å². The van der Waals surface area contributed by atoms with E-state index in [0.29, 0.717) is 19.6 Å². The van der Waals surface area contributed by atoms with Crippen LogP contribution in [0.4, 0.5) is 5.69 Å². The predicted molar refractivity (Wildman–Crippen MR) is 121 cm³/mol. The lowest BCUT2D eigenvalue weighted by molar-refractivity contribution is -0.153. The van der Waals surface area contributed by atoms with Crippen molar-refractivity contribution in [2.45, 2.75) is 12.0 Å². The highest BCUT2D eigenvalue weighted by atomic mass is 16.5. The lowest BCUT2D eigenvalue weighted by atomic mass is 9.89. The Kier molecular flexibility index (Phi) is 6.32. The SMILES string of the molecule is COC(=O)C1CN(c2ccccc2)CCN1C(=O)C(c1ccccc1)c1ccccc1.